The van der Waals surface area contributed by atoms with E-state index in [1.165, 1.54) is 22.3 Å². The van der Waals surface area contributed by atoms with E-state index in [0.29, 0.717) is 65.4 Å². The number of likely N-dealkylation sites (tertiary alicyclic amines) is 2. The fraction of sp³-hybridized carbons (Fsp3) is 0.313. The fourth-order valence-corrected chi connectivity index (χ4v) is 13.0. The van der Waals surface area contributed by atoms with Gasteiger partial charge in [-0.05, 0) is 99.9 Å². The van der Waals surface area contributed by atoms with Gasteiger partial charge in [-0.25, -0.2) is 19.6 Å². The number of hydrogen-bond acceptors (Lipinski definition) is 10. The molecule has 2 N–H and O–H groups in total. The Morgan fingerprint density at radius 2 is 0.855 bits per heavy atom. The molecule has 422 valence electrons. The summed E-state index contributed by atoms with van der Waals surface area (Å²) in [5.41, 5.74) is 12.6. The normalized spacial score (nSPS) is 18.8. The molecule has 4 fully saturated rings. The highest BCUT2D eigenvalue weighted by Gasteiger charge is 2.42. The van der Waals surface area contributed by atoms with Gasteiger partial charge in [-0.15, -0.1) is 0 Å². The molecule has 16 heteroatoms. The number of hydrogen-bond donors (Lipinski definition) is 2. The number of piperazine rings is 2. The molecule has 6 aromatic carbocycles. The summed E-state index contributed by atoms with van der Waals surface area (Å²) < 4.78 is 11.3. The Morgan fingerprint density at radius 3 is 1.25 bits per heavy atom. The van der Waals surface area contributed by atoms with Crippen LogP contribution in [0.1, 0.15) is 94.9 Å². The van der Waals surface area contributed by atoms with Crippen LogP contribution in [0.15, 0.2) is 170 Å². The lowest BCUT2D eigenvalue weighted by Gasteiger charge is -2.40. The second-order valence-corrected chi connectivity index (χ2v) is 22.4. The maximum atomic E-state index is 14.9. The van der Waals surface area contributed by atoms with Gasteiger partial charge >= 0.3 is 12.2 Å². The van der Waals surface area contributed by atoms with Gasteiger partial charge in [-0.1, -0.05) is 146 Å². The molecule has 8 aromatic rings. The SMILES string of the molecule is O=C(OCc1ccccc1)N1CCN([C@H](C(=O)N2CCC[C@@H]2c2ncc(-c3ccc4c(c3)Cc3cc(-c5cnc([C@H]6CCCN6C(=O)[C@H](c6ccccc6)N6CCN(C(=O)OCc7ccccc7)CC6)[nH]5)ccc3-4)[nH]2)c2ccccc2)CC1. The van der Waals surface area contributed by atoms with Gasteiger partial charge < -0.3 is 39.0 Å². The highest BCUT2D eigenvalue weighted by Crippen LogP contribution is 2.42. The summed E-state index contributed by atoms with van der Waals surface area (Å²) in [5.74, 6) is 1.66. The van der Waals surface area contributed by atoms with Gasteiger partial charge in [0, 0.05) is 65.4 Å². The number of benzene rings is 6. The molecule has 4 amide bonds. The van der Waals surface area contributed by atoms with Crippen LogP contribution in [0.5, 0.6) is 0 Å². The number of fused-ring (bicyclic) bond motifs is 3. The molecule has 0 unspecified atom stereocenters. The smallest absolute Gasteiger partial charge is 0.410 e. The number of aromatic nitrogens is 4. The zero-order chi connectivity index (χ0) is 56.2. The minimum absolute atomic E-state index is 0.0458. The number of nitrogens with one attached hydrogen (secondary N) is 2. The molecule has 6 heterocycles. The molecule has 0 radical (unpaired) electrons. The molecule has 0 saturated carbocycles. The Labute approximate surface area is 483 Å². The average molecular weight is 1110 g/mol. The second-order valence-electron chi connectivity index (χ2n) is 22.4. The van der Waals surface area contributed by atoms with Gasteiger partial charge in [0.05, 0.1) is 35.9 Å². The molecule has 4 aliphatic heterocycles. The van der Waals surface area contributed by atoms with Gasteiger partial charge in [0.25, 0.3) is 0 Å². The van der Waals surface area contributed by atoms with Crippen LogP contribution in [0.4, 0.5) is 9.59 Å². The van der Waals surface area contributed by atoms with Gasteiger partial charge in [0.15, 0.2) is 0 Å². The number of rotatable bonds is 14. The predicted octanol–water partition coefficient (Wildman–Crippen LogP) is 10.8. The van der Waals surface area contributed by atoms with Crippen molar-refractivity contribution in [3.63, 3.8) is 0 Å². The number of H-pyrrole nitrogens is 2. The lowest BCUT2D eigenvalue weighted by atomic mass is 10.0. The van der Waals surface area contributed by atoms with Crippen molar-refractivity contribution in [2.45, 2.75) is 69.5 Å². The van der Waals surface area contributed by atoms with Crippen LogP contribution in [0.2, 0.25) is 0 Å². The van der Waals surface area contributed by atoms with E-state index in [1.807, 2.05) is 144 Å². The quantitative estimate of drug-likeness (QED) is 0.107. The van der Waals surface area contributed by atoms with E-state index >= 15 is 0 Å². The summed E-state index contributed by atoms with van der Waals surface area (Å²) in [7, 11) is 0. The van der Waals surface area contributed by atoms with Crippen molar-refractivity contribution in [2.75, 3.05) is 65.4 Å². The van der Waals surface area contributed by atoms with Crippen molar-refractivity contribution in [2.24, 2.45) is 0 Å². The van der Waals surface area contributed by atoms with Gasteiger partial charge in [0.2, 0.25) is 11.8 Å². The zero-order valence-electron chi connectivity index (χ0n) is 46.5. The van der Waals surface area contributed by atoms with Crippen LogP contribution in [-0.2, 0) is 38.7 Å². The molecular weight excluding hydrogens is 1040 g/mol. The van der Waals surface area contributed by atoms with Crippen molar-refractivity contribution < 1.29 is 28.7 Å². The maximum absolute atomic E-state index is 14.9. The van der Waals surface area contributed by atoms with Crippen LogP contribution in [0.25, 0.3) is 33.6 Å². The van der Waals surface area contributed by atoms with Crippen molar-refractivity contribution in [1.29, 1.82) is 0 Å². The second kappa shape index (κ2) is 23.9. The Balaban J connectivity index is 0.653. The van der Waals surface area contributed by atoms with Crippen molar-refractivity contribution in [3.8, 4) is 33.6 Å². The molecule has 0 bridgehead atoms. The van der Waals surface area contributed by atoms with Crippen LogP contribution in [-0.4, -0.2) is 139 Å². The summed E-state index contributed by atoms with van der Waals surface area (Å²) in [5, 5.41) is 0. The van der Waals surface area contributed by atoms with E-state index in [0.717, 1.165) is 88.5 Å². The molecule has 83 heavy (non-hydrogen) atoms. The highest BCUT2D eigenvalue weighted by molar-refractivity contribution is 5.86. The van der Waals surface area contributed by atoms with Gasteiger partial charge in [-0.3, -0.25) is 19.4 Å². The van der Waals surface area contributed by atoms with Gasteiger partial charge in [-0.2, -0.15) is 0 Å². The number of nitrogens with zero attached hydrogens (tertiary/aromatic N) is 8. The fourth-order valence-electron chi connectivity index (χ4n) is 13.0. The average Bonchev–Trinajstić information content (AvgIpc) is 4.54. The molecule has 16 nitrogen and oxygen atoms in total. The largest absolute Gasteiger partial charge is 0.445 e. The Bertz CT molecular complexity index is 3340. The first-order chi connectivity index (χ1) is 40.8. The van der Waals surface area contributed by atoms with Crippen molar-refractivity contribution >= 4 is 24.0 Å². The van der Waals surface area contributed by atoms with E-state index in [2.05, 4.69) is 56.2 Å². The minimum atomic E-state index is -0.499. The van der Waals surface area contributed by atoms with E-state index < -0.39 is 12.1 Å². The third-order valence-corrected chi connectivity index (χ3v) is 17.4. The zero-order valence-corrected chi connectivity index (χ0v) is 46.5. The van der Waals surface area contributed by atoms with E-state index in [1.54, 1.807) is 9.80 Å². The first kappa shape index (κ1) is 53.5. The standard InChI is InChI=1S/C67H68N10O6/c78-64(60(48-19-9-3-10-20-48)72-31-35-74(36-32-72)66(80)82-44-46-15-5-1-6-16-46)76-29-13-23-58(76)62-68-42-56(70-62)50-25-27-54-52(39-50)41-53-40-51(26-28-55(53)54)57-43-69-63(71-57)59-24-14-30-77(59)65(79)61(49-21-11-4-12-22-49)73-33-37-75(38-34-73)67(81)83-45-47-17-7-2-8-18-47/h1-12,15-22,25-28,39-40,42-43,58-61H,13-14,23-24,29-38,41,44-45H2,(H,68,70)(H,69,71)/t58-,59-,60+,61+/m1/s1. The number of carbonyl (C=O) groups excluding carboxylic acids is 4. The van der Waals surface area contributed by atoms with E-state index in [-0.39, 0.29) is 49.3 Å². The number of imidazole rings is 2. The molecule has 4 atom stereocenters. The van der Waals surface area contributed by atoms with E-state index in [9.17, 15) is 19.2 Å². The number of carbonyl (C=O) groups is 4. The van der Waals surface area contributed by atoms with Crippen LogP contribution < -0.4 is 0 Å². The molecule has 5 aliphatic rings. The molecule has 4 saturated heterocycles. The Kier molecular flexibility index (Phi) is 15.4. The topological polar surface area (TPSA) is 164 Å². The number of aromatic amines is 2. The third-order valence-electron chi connectivity index (χ3n) is 17.4. The summed E-state index contributed by atoms with van der Waals surface area (Å²) >= 11 is 0. The highest BCUT2D eigenvalue weighted by atomic mass is 16.6. The summed E-state index contributed by atoms with van der Waals surface area (Å²) in [6.45, 7) is 5.76. The first-order valence-corrected chi connectivity index (χ1v) is 29.3. The summed E-state index contributed by atoms with van der Waals surface area (Å²) in [6, 6.07) is 51.2. The molecule has 13 rings (SSSR count). The van der Waals surface area contributed by atoms with Crippen LogP contribution in [0, 0.1) is 0 Å². The number of amides is 4. The lowest BCUT2D eigenvalue weighted by molar-refractivity contribution is -0.140. The van der Waals surface area contributed by atoms with E-state index in [4.69, 9.17) is 19.4 Å². The monoisotopic (exact) mass is 1110 g/mol. The predicted molar refractivity (Wildman–Crippen MR) is 315 cm³/mol. The third kappa shape index (κ3) is 11.3. The Hall–Kier alpha value is -8.86. The Morgan fingerprint density at radius 1 is 0.470 bits per heavy atom. The van der Waals surface area contributed by atoms with Crippen LogP contribution >= 0.6 is 0 Å². The molecule has 0 spiro atoms. The maximum Gasteiger partial charge on any atom is 0.410 e. The summed E-state index contributed by atoms with van der Waals surface area (Å²) in [6.07, 6.45) is 7.26. The van der Waals surface area contributed by atoms with Crippen molar-refractivity contribution in [1.82, 2.24) is 49.3 Å². The summed E-state index contributed by atoms with van der Waals surface area (Å²) in [4.78, 5) is 85.1. The van der Waals surface area contributed by atoms with Crippen molar-refractivity contribution in [3.05, 3.63) is 215 Å². The molecule has 2 aromatic heterocycles. The molecular formula is C67H68N10O6. The lowest BCUT2D eigenvalue weighted by Crippen LogP contribution is -2.53. The minimum Gasteiger partial charge on any atom is -0.445 e. The van der Waals surface area contributed by atoms with Crippen LogP contribution in [0.3, 0.4) is 0 Å². The van der Waals surface area contributed by atoms with Gasteiger partial charge in [0.1, 0.15) is 36.9 Å². The molecule has 1 aliphatic carbocycles. The number of ether oxygens (including phenoxy) is 2. The first-order valence-electron chi connectivity index (χ1n) is 29.3.